The fourth-order valence-corrected chi connectivity index (χ4v) is 1.74. The third-order valence-electron chi connectivity index (χ3n) is 3.16. The van der Waals surface area contributed by atoms with Gasteiger partial charge < -0.3 is 0 Å². The Morgan fingerprint density at radius 2 is 0.724 bits per heavy atom. The van der Waals surface area contributed by atoms with Crippen LogP contribution in [-0.2, 0) is 0 Å². The molecule has 0 N–H and O–H groups in total. The van der Waals surface area contributed by atoms with E-state index in [0.717, 1.165) is 6.26 Å². The van der Waals surface area contributed by atoms with Crippen molar-refractivity contribution in [3.63, 3.8) is 0 Å². The number of allylic oxidation sites excluding steroid dienone is 1. The molecule has 0 radical (unpaired) electrons. The van der Waals surface area contributed by atoms with E-state index >= 15 is 0 Å². The summed E-state index contributed by atoms with van der Waals surface area (Å²) < 4.78 is 218. The quantitative estimate of drug-likeness (QED) is 0.334. The zero-order valence-electron chi connectivity index (χ0n) is 13.0. The summed E-state index contributed by atoms with van der Waals surface area (Å²) in [6.45, 7) is 0. The van der Waals surface area contributed by atoms with Crippen LogP contribution in [0.25, 0.3) is 0 Å². The van der Waals surface area contributed by atoms with E-state index in [1.807, 2.05) is 0 Å². The SMILES string of the molecule is CS/C=C/C(F)(F)C(F)(F)C(F)(F)C(F)(F)C(F)(F)C(F)(F)C(F)(F)C(F)(F)F. The third kappa shape index (κ3) is 3.73. The van der Waals surface area contributed by atoms with Gasteiger partial charge in [0.25, 0.3) is 0 Å². The van der Waals surface area contributed by atoms with Crippen molar-refractivity contribution in [2.75, 3.05) is 6.26 Å². The molecule has 0 aliphatic rings. The second-order valence-electron chi connectivity index (χ2n) is 5.11. The number of alkyl halides is 17. The summed E-state index contributed by atoms with van der Waals surface area (Å²) in [7, 11) is 0. The Bertz CT molecular complexity index is 613. The predicted molar refractivity (Wildman–Crippen MR) is 63.3 cm³/mol. The number of thioether (sulfide) groups is 1. The summed E-state index contributed by atoms with van der Waals surface area (Å²) in [4.78, 5) is 0. The van der Waals surface area contributed by atoms with Crippen molar-refractivity contribution in [1.29, 1.82) is 0 Å². The molecule has 0 rings (SSSR count). The molecule has 0 saturated carbocycles. The lowest BCUT2D eigenvalue weighted by molar-refractivity contribution is -0.459. The topological polar surface area (TPSA) is 0 Å². The van der Waals surface area contributed by atoms with Gasteiger partial charge in [0.1, 0.15) is 0 Å². The van der Waals surface area contributed by atoms with Gasteiger partial charge in [-0.2, -0.15) is 74.6 Å². The molecule has 0 aliphatic carbocycles. The van der Waals surface area contributed by atoms with Crippen molar-refractivity contribution in [3.05, 3.63) is 11.5 Å². The van der Waals surface area contributed by atoms with Gasteiger partial charge in [0.15, 0.2) is 0 Å². The standard InChI is InChI=1S/C11H5F17S/c1-29-3-2-4(12,13)5(14,15)6(16,17)7(18,19)8(20,21)9(22,23)10(24,25)11(26,27)28/h2-3H,1H3/b3-2+. The largest absolute Gasteiger partial charge is 0.460 e. The lowest BCUT2D eigenvalue weighted by Gasteiger charge is -2.42. The van der Waals surface area contributed by atoms with E-state index in [1.54, 1.807) is 0 Å². The molecule has 0 bridgehead atoms. The molecule has 0 atom stereocenters. The second kappa shape index (κ2) is 7.25. The van der Waals surface area contributed by atoms with Gasteiger partial charge in [-0.1, -0.05) is 0 Å². The minimum Gasteiger partial charge on any atom is -0.195 e. The molecule has 0 spiro atoms. The smallest absolute Gasteiger partial charge is 0.195 e. The molecule has 29 heavy (non-hydrogen) atoms. The summed E-state index contributed by atoms with van der Waals surface area (Å²) in [6, 6.07) is 0. The van der Waals surface area contributed by atoms with Gasteiger partial charge in [0.05, 0.1) is 0 Å². The van der Waals surface area contributed by atoms with E-state index in [0.29, 0.717) is 0 Å². The Morgan fingerprint density at radius 1 is 0.448 bits per heavy atom. The highest BCUT2D eigenvalue weighted by molar-refractivity contribution is 8.01. The molecular weight excluding hydrogens is 487 g/mol. The Morgan fingerprint density at radius 3 is 1.00 bits per heavy atom. The molecule has 0 nitrogen and oxygen atoms in total. The van der Waals surface area contributed by atoms with Gasteiger partial charge >= 0.3 is 47.6 Å². The zero-order valence-corrected chi connectivity index (χ0v) is 13.8. The molecule has 0 heterocycles. The van der Waals surface area contributed by atoms with Gasteiger partial charge in [-0.05, 0) is 17.7 Å². The van der Waals surface area contributed by atoms with Gasteiger partial charge in [-0.15, -0.1) is 11.8 Å². The van der Waals surface area contributed by atoms with Crippen LogP contribution >= 0.6 is 11.8 Å². The molecule has 0 amide bonds. The van der Waals surface area contributed by atoms with E-state index in [2.05, 4.69) is 0 Å². The highest BCUT2D eigenvalue weighted by atomic mass is 32.2. The maximum absolute atomic E-state index is 13.3. The van der Waals surface area contributed by atoms with Gasteiger partial charge in [-0.3, -0.25) is 0 Å². The first kappa shape index (κ1) is 27.9. The Kier molecular flexibility index (Phi) is 6.97. The molecule has 0 aromatic carbocycles. The fraction of sp³-hybridized carbons (Fsp3) is 0.818. The minimum absolute atomic E-state index is 0.0600. The van der Waals surface area contributed by atoms with Crippen molar-refractivity contribution < 1.29 is 74.6 Å². The summed E-state index contributed by atoms with van der Waals surface area (Å²) >= 11 is 0.0600. The van der Waals surface area contributed by atoms with E-state index in [-0.39, 0.29) is 17.2 Å². The van der Waals surface area contributed by atoms with Gasteiger partial charge in [0.2, 0.25) is 0 Å². The van der Waals surface area contributed by atoms with E-state index in [4.69, 9.17) is 0 Å². The molecule has 0 saturated heterocycles. The summed E-state index contributed by atoms with van der Waals surface area (Å²) in [5.41, 5.74) is 0. The maximum atomic E-state index is 13.3. The number of halogens is 17. The lowest BCUT2D eigenvalue weighted by atomic mass is 9.89. The van der Waals surface area contributed by atoms with Gasteiger partial charge in [-0.25, -0.2) is 0 Å². The molecule has 18 heteroatoms. The van der Waals surface area contributed by atoms with Crippen LogP contribution in [0.2, 0.25) is 0 Å². The summed E-state index contributed by atoms with van der Waals surface area (Å²) in [6.07, 6.45) is -8.16. The van der Waals surface area contributed by atoms with Crippen molar-refractivity contribution in [1.82, 2.24) is 0 Å². The van der Waals surface area contributed by atoms with Crippen LogP contribution in [-0.4, -0.2) is 53.9 Å². The zero-order chi connectivity index (χ0) is 24.1. The Hall–Kier alpha value is -1.10. The van der Waals surface area contributed by atoms with Crippen LogP contribution in [0.15, 0.2) is 11.5 Å². The first-order valence-corrected chi connectivity index (χ1v) is 7.52. The number of hydrogen-bond donors (Lipinski definition) is 0. The van der Waals surface area contributed by atoms with Crippen LogP contribution in [0.3, 0.4) is 0 Å². The highest BCUT2D eigenvalue weighted by Crippen LogP contribution is 2.64. The lowest BCUT2D eigenvalue weighted by Crippen LogP contribution is -2.74. The Balaban J connectivity index is 6.69. The highest BCUT2D eigenvalue weighted by Gasteiger charge is 2.95. The number of hydrogen-bond acceptors (Lipinski definition) is 1. The van der Waals surface area contributed by atoms with Crippen molar-refractivity contribution in [2.45, 2.75) is 47.6 Å². The molecule has 0 aromatic heterocycles. The minimum atomic E-state index is -8.59. The van der Waals surface area contributed by atoms with Crippen LogP contribution in [0, 0.1) is 0 Å². The molecular formula is C11H5F17S. The van der Waals surface area contributed by atoms with Gasteiger partial charge in [0, 0.05) is 0 Å². The number of rotatable bonds is 8. The fourth-order valence-electron chi connectivity index (χ4n) is 1.43. The monoisotopic (exact) mass is 492 g/mol. The van der Waals surface area contributed by atoms with Crippen LogP contribution < -0.4 is 0 Å². The second-order valence-corrected chi connectivity index (χ2v) is 5.85. The van der Waals surface area contributed by atoms with Crippen molar-refractivity contribution in [3.8, 4) is 0 Å². The summed E-state index contributed by atoms with van der Waals surface area (Å²) in [5.74, 6) is -56.1. The van der Waals surface area contributed by atoms with Crippen LogP contribution in [0.5, 0.6) is 0 Å². The molecule has 174 valence electrons. The Labute approximate surface area is 153 Å². The molecule has 0 aliphatic heterocycles. The average Bonchev–Trinajstić information content (AvgIpc) is 2.50. The van der Waals surface area contributed by atoms with E-state index in [9.17, 15) is 74.6 Å². The summed E-state index contributed by atoms with van der Waals surface area (Å²) in [5, 5.41) is -0.146. The third-order valence-corrected chi connectivity index (χ3v) is 3.57. The van der Waals surface area contributed by atoms with E-state index in [1.165, 1.54) is 0 Å². The van der Waals surface area contributed by atoms with Crippen LogP contribution in [0.4, 0.5) is 74.6 Å². The van der Waals surface area contributed by atoms with Crippen molar-refractivity contribution in [2.24, 2.45) is 0 Å². The molecule has 0 fully saturated rings. The normalized spacial score (nSPS) is 16.6. The first-order valence-electron chi connectivity index (χ1n) is 6.23. The maximum Gasteiger partial charge on any atom is 0.460 e. The molecule has 0 aromatic rings. The van der Waals surface area contributed by atoms with E-state index < -0.39 is 53.7 Å². The van der Waals surface area contributed by atoms with Crippen LogP contribution in [0.1, 0.15) is 0 Å². The molecule has 0 unspecified atom stereocenters. The average molecular weight is 492 g/mol. The predicted octanol–water partition coefficient (Wildman–Crippen LogP) is 6.87. The first-order chi connectivity index (χ1) is 12.3. The van der Waals surface area contributed by atoms with Crippen molar-refractivity contribution >= 4 is 11.8 Å².